The van der Waals surface area contributed by atoms with Crippen LogP contribution in [0.1, 0.15) is 76.2 Å². The van der Waals surface area contributed by atoms with Crippen LogP contribution in [0.2, 0.25) is 5.15 Å². The van der Waals surface area contributed by atoms with Gasteiger partial charge in [-0.05, 0) is 81.2 Å². The molecular formula is C34H34ClN7O2. The van der Waals surface area contributed by atoms with Gasteiger partial charge in [-0.3, -0.25) is 4.79 Å². The Hall–Kier alpha value is -3.92. The Kier molecular flexibility index (Phi) is 6.85. The largest absolute Gasteiger partial charge is 0.372 e. The molecule has 3 aliphatic rings. The lowest BCUT2D eigenvalue weighted by atomic mass is 9.96. The number of hydrogen-bond donors (Lipinski definition) is 0. The van der Waals surface area contributed by atoms with Crippen LogP contribution in [-0.4, -0.2) is 55.4 Å². The van der Waals surface area contributed by atoms with Crippen molar-refractivity contribution in [3.63, 3.8) is 0 Å². The number of likely N-dealkylation sites (tertiary alicyclic amines) is 1. The van der Waals surface area contributed by atoms with Crippen LogP contribution in [-0.2, 0) is 31.5 Å². The normalized spacial score (nSPS) is 17.4. The summed E-state index contributed by atoms with van der Waals surface area (Å²) in [6.45, 7) is 3.50. The van der Waals surface area contributed by atoms with E-state index in [0.29, 0.717) is 42.3 Å². The standard InChI is InChI=1S/C34H34ClN7O2/c1-40-11-9-22(10-12-40)33-39-28-8-6-24(14-30(28)41(33)2)42(34(43)23-15-36-32(37-16-23)21-4-5-21)17-20-3-7-25-26-18-44-19-27(26)31(35)38-29(25)13-20/h3,6-8,13-16,21-22H,4-5,9-12,17-19H2,1-2H3. The summed E-state index contributed by atoms with van der Waals surface area (Å²) >= 11 is 6.53. The molecule has 0 spiro atoms. The number of piperidine rings is 1. The van der Waals surface area contributed by atoms with E-state index in [-0.39, 0.29) is 5.91 Å². The number of imidazole rings is 1. The quantitative estimate of drug-likeness (QED) is 0.215. The predicted octanol–water partition coefficient (Wildman–Crippen LogP) is 6.13. The Morgan fingerprint density at radius 1 is 0.932 bits per heavy atom. The summed E-state index contributed by atoms with van der Waals surface area (Å²) < 4.78 is 7.86. The molecule has 1 amide bonds. The van der Waals surface area contributed by atoms with E-state index in [1.165, 1.54) is 0 Å². The SMILES string of the molecule is CN1CCC(c2nc3ccc(N(Cc4ccc5c6c(c(Cl)nc5c4)COC6)C(=O)c4cnc(C5CC5)nc4)cc3n2C)CC1. The van der Waals surface area contributed by atoms with E-state index in [9.17, 15) is 4.79 Å². The number of nitrogens with zero attached hydrogens (tertiary/aromatic N) is 7. The van der Waals surface area contributed by atoms with E-state index in [0.717, 1.165) is 94.7 Å². The molecule has 8 rings (SSSR count). The minimum Gasteiger partial charge on any atom is -0.372 e. The number of amides is 1. The number of aromatic nitrogens is 5. The maximum atomic E-state index is 14.2. The second-order valence-electron chi connectivity index (χ2n) is 12.5. The van der Waals surface area contributed by atoms with Crippen LogP contribution in [0.25, 0.3) is 21.9 Å². The molecule has 2 aromatic carbocycles. The number of anilines is 1. The number of rotatable bonds is 6. The number of hydrogen-bond acceptors (Lipinski definition) is 7. The lowest BCUT2D eigenvalue weighted by molar-refractivity contribution is 0.0984. The zero-order valence-electron chi connectivity index (χ0n) is 25.0. The van der Waals surface area contributed by atoms with Gasteiger partial charge >= 0.3 is 0 Å². The number of fused-ring (bicyclic) bond motifs is 4. The molecule has 2 aliphatic heterocycles. The Morgan fingerprint density at radius 3 is 2.48 bits per heavy atom. The number of carbonyl (C=O) groups excluding carboxylic acids is 1. The van der Waals surface area contributed by atoms with Crippen LogP contribution in [0.3, 0.4) is 0 Å². The maximum Gasteiger partial charge on any atom is 0.261 e. The van der Waals surface area contributed by atoms with Crippen molar-refractivity contribution in [3.05, 3.63) is 87.8 Å². The predicted molar refractivity (Wildman–Crippen MR) is 170 cm³/mol. The molecule has 0 atom stereocenters. The van der Waals surface area contributed by atoms with E-state index in [1.54, 1.807) is 17.3 Å². The van der Waals surface area contributed by atoms with E-state index < -0.39 is 0 Å². The third-order valence-corrected chi connectivity index (χ3v) is 9.77. The number of ether oxygens (including phenoxy) is 1. The average molecular weight is 608 g/mol. The molecular weight excluding hydrogens is 574 g/mol. The molecule has 224 valence electrons. The summed E-state index contributed by atoms with van der Waals surface area (Å²) in [5, 5.41) is 1.51. The fourth-order valence-corrected chi connectivity index (χ4v) is 6.93. The van der Waals surface area contributed by atoms with Crippen molar-refractivity contribution < 1.29 is 9.53 Å². The summed E-state index contributed by atoms with van der Waals surface area (Å²) in [4.78, 5) is 37.2. The summed E-state index contributed by atoms with van der Waals surface area (Å²) in [6.07, 6.45) is 7.75. The Bertz CT molecular complexity index is 1910. The van der Waals surface area contributed by atoms with Crippen molar-refractivity contribution in [2.24, 2.45) is 7.05 Å². The van der Waals surface area contributed by atoms with Gasteiger partial charge in [0.2, 0.25) is 0 Å². The van der Waals surface area contributed by atoms with Crippen molar-refractivity contribution in [1.82, 2.24) is 29.4 Å². The smallest absolute Gasteiger partial charge is 0.261 e. The lowest BCUT2D eigenvalue weighted by Gasteiger charge is -2.28. The minimum atomic E-state index is -0.155. The molecule has 3 aromatic heterocycles. The molecule has 5 heterocycles. The summed E-state index contributed by atoms with van der Waals surface area (Å²) in [5.74, 6) is 2.62. The summed E-state index contributed by atoms with van der Waals surface area (Å²) in [7, 11) is 4.26. The second kappa shape index (κ2) is 10.9. The van der Waals surface area contributed by atoms with Crippen LogP contribution >= 0.6 is 11.6 Å². The first kappa shape index (κ1) is 27.6. The van der Waals surface area contributed by atoms with Crippen molar-refractivity contribution in [2.75, 3.05) is 25.0 Å². The molecule has 0 unspecified atom stereocenters. The molecule has 1 saturated heterocycles. The fourth-order valence-electron chi connectivity index (χ4n) is 6.67. The van der Waals surface area contributed by atoms with Gasteiger partial charge in [-0.1, -0.05) is 23.7 Å². The molecule has 1 aliphatic carbocycles. The van der Waals surface area contributed by atoms with E-state index in [2.05, 4.69) is 56.7 Å². The van der Waals surface area contributed by atoms with Gasteiger partial charge in [-0.15, -0.1) is 0 Å². The van der Waals surface area contributed by atoms with E-state index in [4.69, 9.17) is 21.3 Å². The number of pyridine rings is 1. The summed E-state index contributed by atoms with van der Waals surface area (Å²) in [6, 6.07) is 12.2. The van der Waals surface area contributed by atoms with Gasteiger partial charge in [-0.2, -0.15) is 0 Å². The van der Waals surface area contributed by atoms with Gasteiger partial charge in [0.15, 0.2) is 0 Å². The van der Waals surface area contributed by atoms with Crippen molar-refractivity contribution in [2.45, 2.75) is 57.3 Å². The van der Waals surface area contributed by atoms with Crippen LogP contribution < -0.4 is 4.90 Å². The Balaban J connectivity index is 1.17. The topological polar surface area (TPSA) is 89.3 Å². The first-order chi connectivity index (χ1) is 21.4. The van der Waals surface area contributed by atoms with Gasteiger partial charge in [0.05, 0.1) is 41.9 Å². The number of benzene rings is 2. The second-order valence-corrected chi connectivity index (χ2v) is 12.8. The highest BCUT2D eigenvalue weighted by Crippen LogP contribution is 2.38. The van der Waals surface area contributed by atoms with E-state index >= 15 is 0 Å². The van der Waals surface area contributed by atoms with Gasteiger partial charge in [0, 0.05) is 47.9 Å². The Morgan fingerprint density at radius 2 is 1.70 bits per heavy atom. The van der Waals surface area contributed by atoms with Crippen LogP contribution in [0.15, 0.2) is 48.8 Å². The van der Waals surface area contributed by atoms with Gasteiger partial charge in [0.1, 0.15) is 16.8 Å². The average Bonchev–Trinajstić information content (AvgIpc) is 3.68. The third kappa shape index (κ3) is 4.93. The zero-order valence-corrected chi connectivity index (χ0v) is 25.7. The molecule has 10 heteroatoms. The molecule has 0 N–H and O–H groups in total. The monoisotopic (exact) mass is 607 g/mol. The number of carbonyl (C=O) groups is 1. The molecule has 5 aromatic rings. The molecule has 0 bridgehead atoms. The first-order valence-corrected chi connectivity index (χ1v) is 15.8. The molecule has 44 heavy (non-hydrogen) atoms. The number of aryl methyl sites for hydroxylation is 1. The highest BCUT2D eigenvalue weighted by molar-refractivity contribution is 6.30. The molecule has 1 saturated carbocycles. The lowest BCUT2D eigenvalue weighted by Crippen LogP contribution is -2.31. The summed E-state index contributed by atoms with van der Waals surface area (Å²) in [5.41, 5.74) is 7.00. The Labute approximate surface area is 260 Å². The minimum absolute atomic E-state index is 0.155. The fraction of sp³-hybridized carbons (Fsp3) is 0.382. The van der Waals surface area contributed by atoms with Crippen molar-refractivity contribution in [1.29, 1.82) is 0 Å². The van der Waals surface area contributed by atoms with Crippen LogP contribution in [0.5, 0.6) is 0 Å². The number of halogens is 1. The molecule has 9 nitrogen and oxygen atoms in total. The van der Waals surface area contributed by atoms with Crippen molar-refractivity contribution >= 4 is 45.1 Å². The molecule has 2 fully saturated rings. The van der Waals surface area contributed by atoms with Gasteiger partial charge in [0.25, 0.3) is 5.91 Å². The third-order valence-electron chi connectivity index (χ3n) is 9.45. The van der Waals surface area contributed by atoms with Gasteiger partial charge < -0.3 is 19.1 Å². The first-order valence-electron chi connectivity index (χ1n) is 15.4. The van der Waals surface area contributed by atoms with Gasteiger partial charge in [-0.25, -0.2) is 19.9 Å². The zero-order chi connectivity index (χ0) is 29.9. The highest BCUT2D eigenvalue weighted by Gasteiger charge is 2.28. The maximum absolute atomic E-state index is 14.2. The van der Waals surface area contributed by atoms with Crippen LogP contribution in [0, 0.1) is 0 Å². The van der Waals surface area contributed by atoms with Crippen LogP contribution in [0.4, 0.5) is 5.69 Å². The highest BCUT2D eigenvalue weighted by atomic mass is 35.5. The van der Waals surface area contributed by atoms with E-state index in [1.807, 2.05) is 18.2 Å². The molecule has 0 radical (unpaired) electrons. The van der Waals surface area contributed by atoms with Crippen molar-refractivity contribution in [3.8, 4) is 0 Å².